The minimum Gasteiger partial charge on any atom is -0.325 e. The lowest BCUT2D eigenvalue weighted by atomic mass is 10.1. The number of sulfone groups is 1. The van der Waals surface area contributed by atoms with E-state index in [1.807, 2.05) is 6.92 Å². The highest BCUT2D eigenvalue weighted by Crippen LogP contribution is 2.17. The van der Waals surface area contributed by atoms with E-state index in [0.29, 0.717) is 12.0 Å². The van der Waals surface area contributed by atoms with Gasteiger partial charge in [-0.15, -0.1) is 0 Å². The van der Waals surface area contributed by atoms with E-state index < -0.39 is 15.4 Å². The van der Waals surface area contributed by atoms with Gasteiger partial charge in [-0.05, 0) is 31.4 Å². The van der Waals surface area contributed by atoms with Gasteiger partial charge in [0.05, 0.1) is 0 Å². The van der Waals surface area contributed by atoms with E-state index in [1.54, 1.807) is 13.8 Å². The van der Waals surface area contributed by atoms with Crippen molar-refractivity contribution in [3.05, 3.63) is 27.2 Å². The number of aromatic amines is 1. The fraction of sp³-hybridized carbons (Fsp3) is 0.500. The van der Waals surface area contributed by atoms with Crippen LogP contribution in [-0.4, -0.2) is 19.7 Å². The second kappa shape index (κ2) is 3.81. The first-order chi connectivity index (χ1) is 6.79. The highest BCUT2D eigenvalue weighted by atomic mass is 32.2. The van der Waals surface area contributed by atoms with Gasteiger partial charge in [-0.3, -0.25) is 4.79 Å². The fourth-order valence-electron chi connectivity index (χ4n) is 1.87. The highest BCUT2D eigenvalue weighted by molar-refractivity contribution is 7.90. The van der Waals surface area contributed by atoms with Gasteiger partial charge in [0, 0.05) is 11.9 Å². The van der Waals surface area contributed by atoms with Gasteiger partial charge in [0.15, 0.2) is 9.84 Å². The summed E-state index contributed by atoms with van der Waals surface area (Å²) in [5.41, 5.74) is 1.69. The molecule has 0 aromatic carbocycles. The van der Waals surface area contributed by atoms with Crippen molar-refractivity contribution in [1.82, 2.24) is 4.98 Å². The summed E-state index contributed by atoms with van der Waals surface area (Å²) in [5.74, 6) is 0. The topological polar surface area (TPSA) is 67.0 Å². The predicted octanol–water partition coefficient (Wildman–Crippen LogP) is 0.958. The van der Waals surface area contributed by atoms with Gasteiger partial charge in [-0.2, -0.15) is 0 Å². The van der Waals surface area contributed by atoms with Crippen LogP contribution in [0.2, 0.25) is 0 Å². The molecule has 1 aromatic rings. The third kappa shape index (κ3) is 2.12. The highest BCUT2D eigenvalue weighted by Gasteiger charge is 2.19. The van der Waals surface area contributed by atoms with Gasteiger partial charge in [-0.1, -0.05) is 6.92 Å². The standard InChI is InChI=1S/C10H15NO3S/c1-5-8-6(2)9(15(4,13)14)10(12)11-7(8)3/h5H2,1-4H3,(H,11,12). The second-order valence-corrected chi connectivity index (χ2v) is 5.59. The number of hydrogen-bond donors (Lipinski definition) is 1. The zero-order chi connectivity index (χ0) is 11.8. The fourth-order valence-corrected chi connectivity index (χ4v) is 2.94. The minimum atomic E-state index is -3.46. The quantitative estimate of drug-likeness (QED) is 0.821. The van der Waals surface area contributed by atoms with Crippen LogP contribution in [0.5, 0.6) is 0 Å². The zero-order valence-electron chi connectivity index (χ0n) is 9.34. The van der Waals surface area contributed by atoms with Crippen molar-refractivity contribution < 1.29 is 8.42 Å². The zero-order valence-corrected chi connectivity index (χ0v) is 10.2. The number of aromatic nitrogens is 1. The van der Waals surface area contributed by atoms with Crippen LogP contribution < -0.4 is 5.56 Å². The molecular weight excluding hydrogens is 214 g/mol. The number of nitrogens with one attached hydrogen (secondary N) is 1. The molecule has 1 heterocycles. The van der Waals surface area contributed by atoms with E-state index in [0.717, 1.165) is 17.5 Å². The Morgan fingerprint density at radius 2 is 1.80 bits per heavy atom. The number of aryl methyl sites for hydroxylation is 1. The third-order valence-electron chi connectivity index (χ3n) is 2.48. The van der Waals surface area contributed by atoms with Crippen molar-refractivity contribution in [2.45, 2.75) is 32.1 Å². The molecule has 1 rings (SSSR count). The Hall–Kier alpha value is -1.10. The number of rotatable bonds is 2. The summed E-state index contributed by atoms with van der Waals surface area (Å²) in [4.78, 5) is 14.0. The van der Waals surface area contributed by atoms with Gasteiger partial charge in [-0.25, -0.2) is 8.42 Å². The van der Waals surface area contributed by atoms with E-state index in [2.05, 4.69) is 4.98 Å². The predicted molar refractivity (Wildman–Crippen MR) is 59.0 cm³/mol. The molecule has 0 aliphatic carbocycles. The molecule has 0 saturated heterocycles. The van der Waals surface area contributed by atoms with Gasteiger partial charge in [0.1, 0.15) is 4.90 Å². The lowest BCUT2D eigenvalue weighted by Gasteiger charge is -2.10. The van der Waals surface area contributed by atoms with Crippen molar-refractivity contribution in [1.29, 1.82) is 0 Å². The maximum absolute atomic E-state index is 11.5. The van der Waals surface area contributed by atoms with E-state index in [1.165, 1.54) is 0 Å². The Labute approximate surface area is 89.3 Å². The summed E-state index contributed by atoms with van der Waals surface area (Å²) in [7, 11) is -3.46. The Bertz CT molecular complexity index is 541. The van der Waals surface area contributed by atoms with Crippen molar-refractivity contribution in [2.75, 3.05) is 6.26 Å². The molecule has 15 heavy (non-hydrogen) atoms. The number of pyridine rings is 1. The van der Waals surface area contributed by atoms with Crippen LogP contribution in [0, 0.1) is 13.8 Å². The minimum absolute atomic E-state index is 0.107. The molecule has 0 radical (unpaired) electrons. The average Bonchev–Trinajstić information content (AvgIpc) is 2.00. The largest absolute Gasteiger partial charge is 0.325 e. The van der Waals surface area contributed by atoms with Crippen LogP contribution in [0.1, 0.15) is 23.7 Å². The Balaban J connectivity index is 3.77. The molecule has 0 fully saturated rings. The van der Waals surface area contributed by atoms with Crippen LogP contribution in [0.3, 0.4) is 0 Å². The summed E-state index contributed by atoms with van der Waals surface area (Å²) in [5, 5.41) is 0. The van der Waals surface area contributed by atoms with Crippen LogP contribution in [0.25, 0.3) is 0 Å². The molecule has 0 spiro atoms. The van der Waals surface area contributed by atoms with E-state index in [9.17, 15) is 13.2 Å². The normalized spacial score (nSPS) is 11.7. The Morgan fingerprint density at radius 1 is 1.27 bits per heavy atom. The van der Waals surface area contributed by atoms with Gasteiger partial charge in [0.25, 0.3) is 5.56 Å². The molecule has 1 N–H and O–H groups in total. The van der Waals surface area contributed by atoms with Crippen molar-refractivity contribution in [3.63, 3.8) is 0 Å². The van der Waals surface area contributed by atoms with E-state index in [-0.39, 0.29) is 4.90 Å². The molecule has 4 nitrogen and oxygen atoms in total. The second-order valence-electron chi connectivity index (χ2n) is 3.64. The lowest BCUT2D eigenvalue weighted by molar-refractivity contribution is 0.599. The van der Waals surface area contributed by atoms with Crippen molar-refractivity contribution >= 4 is 9.84 Å². The molecule has 0 bridgehead atoms. The van der Waals surface area contributed by atoms with Crippen molar-refractivity contribution in [2.24, 2.45) is 0 Å². The smallest absolute Gasteiger partial charge is 0.267 e. The number of hydrogen-bond acceptors (Lipinski definition) is 3. The Kier molecular flexibility index (Phi) is 3.04. The summed E-state index contributed by atoms with van der Waals surface area (Å²) in [6.45, 7) is 5.39. The van der Waals surface area contributed by atoms with Crippen LogP contribution in [-0.2, 0) is 16.3 Å². The first-order valence-electron chi connectivity index (χ1n) is 4.71. The molecule has 0 aliphatic heterocycles. The third-order valence-corrected chi connectivity index (χ3v) is 3.71. The Morgan fingerprint density at radius 3 is 2.20 bits per heavy atom. The van der Waals surface area contributed by atoms with Crippen LogP contribution in [0.4, 0.5) is 0 Å². The molecule has 0 unspecified atom stereocenters. The van der Waals surface area contributed by atoms with E-state index in [4.69, 9.17) is 0 Å². The lowest BCUT2D eigenvalue weighted by Crippen LogP contribution is -2.21. The van der Waals surface area contributed by atoms with Crippen LogP contribution in [0.15, 0.2) is 9.69 Å². The van der Waals surface area contributed by atoms with Crippen molar-refractivity contribution in [3.8, 4) is 0 Å². The average molecular weight is 229 g/mol. The van der Waals surface area contributed by atoms with Crippen LogP contribution >= 0.6 is 0 Å². The molecule has 0 atom stereocenters. The summed E-state index contributed by atoms with van der Waals surface area (Å²) < 4.78 is 22.9. The molecule has 0 amide bonds. The van der Waals surface area contributed by atoms with Gasteiger partial charge < -0.3 is 4.98 Å². The summed E-state index contributed by atoms with van der Waals surface area (Å²) in [6.07, 6.45) is 1.76. The molecule has 84 valence electrons. The molecular formula is C10H15NO3S. The van der Waals surface area contributed by atoms with Gasteiger partial charge in [0.2, 0.25) is 0 Å². The summed E-state index contributed by atoms with van der Waals surface area (Å²) in [6, 6.07) is 0. The monoisotopic (exact) mass is 229 g/mol. The maximum atomic E-state index is 11.5. The van der Waals surface area contributed by atoms with Gasteiger partial charge >= 0.3 is 0 Å². The molecule has 1 aromatic heterocycles. The molecule has 0 saturated carbocycles. The molecule has 0 aliphatic rings. The maximum Gasteiger partial charge on any atom is 0.267 e. The first-order valence-corrected chi connectivity index (χ1v) is 6.60. The van der Waals surface area contributed by atoms with E-state index >= 15 is 0 Å². The first kappa shape index (κ1) is 12.0. The SMILES string of the molecule is CCc1c(C)[nH]c(=O)c(S(C)(=O)=O)c1C. The summed E-state index contributed by atoms with van der Waals surface area (Å²) >= 11 is 0. The molecule has 5 heteroatoms. The number of H-pyrrole nitrogens is 1.